The van der Waals surface area contributed by atoms with Crippen LogP contribution >= 0.6 is 22.9 Å². The number of halogens is 1. The number of ether oxygens (including phenoxy) is 1. The molecule has 13 heteroatoms. The first-order valence-corrected chi connectivity index (χ1v) is 12.3. The number of pyridine rings is 2. The second-order valence-corrected chi connectivity index (χ2v) is 9.83. The Labute approximate surface area is 210 Å². The van der Waals surface area contributed by atoms with E-state index in [0.717, 1.165) is 47.0 Å². The number of methoxy groups -OCH3 is 1. The Balaban J connectivity index is 1.39. The third-order valence-corrected chi connectivity index (χ3v) is 6.84. The Hall–Kier alpha value is -3.35. The number of piperidine rings is 1. The standard InChI is InChI=1S/C22H24ClN9O2S/c1-13-28-18-19(31-7-3-4-14(11-31)12-34-2)17(10-25-21(18)35-13)30-22(33)29-15-8-16(23)20(24-9-15)32-26-5-6-27-32/h5-6,8-10,14H,3-4,7,11-12H2,1-2H3,(H2,29,30,33). The highest BCUT2D eigenvalue weighted by Crippen LogP contribution is 2.37. The minimum absolute atomic E-state index is 0.304. The summed E-state index contributed by atoms with van der Waals surface area (Å²) < 4.78 is 5.40. The normalized spacial score (nSPS) is 16.0. The molecule has 1 saturated heterocycles. The van der Waals surface area contributed by atoms with Gasteiger partial charge in [0.1, 0.15) is 10.3 Å². The molecule has 0 saturated carbocycles. The first-order chi connectivity index (χ1) is 17.0. The highest BCUT2D eigenvalue weighted by molar-refractivity contribution is 7.18. The molecule has 2 N–H and O–H groups in total. The van der Waals surface area contributed by atoms with Crippen molar-refractivity contribution in [2.24, 2.45) is 5.92 Å². The average Bonchev–Trinajstić information content (AvgIpc) is 3.49. The van der Waals surface area contributed by atoms with Gasteiger partial charge in [0.05, 0.1) is 58.5 Å². The van der Waals surface area contributed by atoms with E-state index in [9.17, 15) is 4.79 Å². The van der Waals surface area contributed by atoms with Crippen molar-refractivity contribution in [3.05, 3.63) is 40.9 Å². The lowest BCUT2D eigenvalue weighted by molar-refractivity contribution is 0.143. The Morgan fingerprint density at radius 3 is 2.86 bits per heavy atom. The lowest BCUT2D eigenvalue weighted by atomic mass is 9.98. The van der Waals surface area contributed by atoms with Gasteiger partial charge in [-0.1, -0.05) is 22.9 Å². The first kappa shape index (κ1) is 23.4. The van der Waals surface area contributed by atoms with Crippen molar-refractivity contribution in [1.29, 1.82) is 0 Å². The summed E-state index contributed by atoms with van der Waals surface area (Å²) in [5.41, 5.74) is 2.70. The molecular weight excluding hydrogens is 490 g/mol. The van der Waals surface area contributed by atoms with E-state index in [1.54, 1.807) is 19.4 Å². The molecule has 1 aliphatic rings. The maximum absolute atomic E-state index is 12.9. The van der Waals surface area contributed by atoms with Crippen LogP contribution in [0.1, 0.15) is 17.8 Å². The maximum atomic E-state index is 12.9. The van der Waals surface area contributed by atoms with E-state index >= 15 is 0 Å². The molecule has 1 aliphatic heterocycles. The summed E-state index contributed by atoms with van der Waals surface area (Å²) in [7, 11) is 1.73. The van der Waals surface area contributed by atoms with Crippen LogP contribution in [-0.4, -0.2) is 62.8 Å². The number of nitrogens with zero attached hydrogens (tertiary/aromatic N) is 7. The third-order valence-electron chi connectivity index (χ3n) is 5.68. The van der Waals surface area contributed by atoms with Crippen LogP contribution in [0.2, 0.25) is 5.02 Å². The molecular formula is C22H24ClN9O2S. The van der Waals surface area contributed by atoms with Crippen LogP contribution in [0, 0.1) is 12.8 Å². The molecule has 2 amide bonds. The molecule has 11 nitrogen and oxygen atoms in total. The van der Waals surface area contributed by atoms with Crippen LogP contribution in [0.25, 0.3) is 16.2 Å². The summed E-state index contributed by atoms with van der Waals surface area (Å²) in [4.78, 5) is 30.9. The van der Waals surface area contributed by atoms with E-state index in [-0.39, 0.29) is 0 Å². The van der Waals surface area contributed by atoms with Gasteiger partial charge >= 0.3 is 6.03 Å². The van der Waals surface area contributed by atoms with Crippen molar-refractivity contribution in [3.8, 4) is 5.82 Å². The fourth-order valence-electron chi connectivity index (χ4n) is 4.28. The van der Waals surface area contributed by atoms with Crippen LogP contribution in [0.5, 0.6) is 0 Å². The zero-order valence-corrected chi connectivity index (χ0v) is 20.8. The number of hydrogen-bond acceptors (Lipinski definition) is 9. The highest BCUT2D eigenvalue weighted by Gasteiger charge is 2.26. The SMILES string of the molecule is COCC1CCCN(c2c(NC(=O)Nc3cnc(-n4nccn4)c(Cl)c3)cnc3sc(C)nc23)C1. The van der Waals surface area contributed by atoms with Gasteiger partial charge in [-0.2, -0.15) is 10.2 Å². The van der Waals surface area contributed by atoms with Crippen LogP contribution in [0.3, 0.4) is 0 Å². The number of hydrogen-bond donors (Lipinski definition) is 2. The highest BCUT2D eigenvalue weighted by atomic mass is 35.5. The topological polar surface area (TPSA) is 123 Å². The minimum atomic E-state index is -0.437. The molecule has 0 radical (unpaired) electrons. The summed E-state index contributed by atoms with van der Waals surface area (Å²) in [6.07, 6.45) is 8.39. The Kier molecular flexibility index (Phi) is 6.75. The molecule has 0 spiro atoms. The molecule has 4 aromatic rings. The van der Waals surface area contributed by atoms with Crippen LogP contribution in [-0.2, 0) is 4.74 Å². The summed E-state index contributed by atoms with van der Waals surface area (Å²) in [6.45, 7) is 4.35. The minimum Gasteiger partial charge on any atom is -0.384 e. The van der Waals surface area contributed by atoms with E-state index in [0.29, 0.717) is 34.7 Å². The molecule has 4 aromatic heterocycles. The van der Waals surface area contributed by atoms with Gasteiger partial charge in [-0.25, -0.2) is 19.7 Å². The monoisotopic (exact) mass is 513 g/mol. The fourth-order valence-corrected chi connectivity index (χ4v) is 5.28. The number of nitrogens with one attached hydrogen (secondary N) is 2. The van der Waals surface area contributed by atoms with E-state index in [1.165, 1.54) is 34.7 Å². The van der Waals surface area contributed by atoms with Gasteiger partial charge in [-0.3, -0.25) is 0 Å². The molecule has 0 aliphatic carbocycles. The molecule has 35 heavy (non-hydrogen) atoms. The van der Waals surface area contributed by atoms with E-state index in [2.05, 4.69) is 35.7 Å². The van der Waals surface area contributed by atoms with Gasteiger partial charge in [0.25, 0.3) is 0 Å². The van der Waals surface area contributed by atoms with Gasteiger partial charge < -0.3 is 20.3 Å². The van der Waals surface area contributed by atoms with Crippen molar-refractivity contribution in [3.63, 3.8) is 0 Å². The van der Waals surface area contributed by atoms with Crippen LogP contribution in [0.4, 0.5) is 21.9 Å². The number of urea groups is 1. The smallest absolute Gasteiger partial charge is 0.323 e. The summed E-state index contributed by atoms with van der Waals surface area (Å²) in [5, 5.41) is 15.0. The number of amides is 2. The maximum Gasteiger partial charge on any atom is 0.323 e. The van der Waals surface area contributed by atoms with E-state index in [1.807, 2.05) is 6.92 Å². The van der Waals surface area contributed by atoms with Crippen molar-refractivity contribution in [2.45, 2.75) is 19.8 Å². The van der Waals surface area contributed by atoms with Gasteiger partial charge in [0.2, 0.25) is 0 Å². The fraction of sp³-hybridized carbons (Fsp3) is 0.364. The summed E-state index contributed by atoms with van der Waals surface area (Å²) in [6, 6.07) is 1.16. The number of anilines is 3. The van der Waals surface area contributed by atoms with Crippen LogP contribution in [0.15, 0.2) is 30.9 Å². The number of carbonyl (C=O) groups excluding carboxylic acids is 1. The number of aryl methyl sites for hydroxylation is 1. The molecule has 0 aromatic carbocycles. The first-order valence-electron chi connectivity index (χ1n) is 11.1. The second-order valence-electron chi connectivity index (χ2n) is 8.24. The van der Waals surface area contributed by atoms with Gasteiger partial charge in [-0.15, -0.1) is 4.80 Å². The number of aromatic nitrogens is 6. The van der Waals surface area contributed by atoms with Crippen molar-refractivity contribution in [1.82, 2.24) is 29.9 Å². The summed E-state index contributed by atoms with van der Waals surface area (Å²) in [5.74, 6) is 0.781. The largest absolute Gasteiger partial charge is 0.384 e. The Bertz CT molecular complexity index is 1340. The molecule has 5 heterocycles. The molecule has 182 valence electrons. The molecule has 1 unspecified atom stereocenters. The second kappa shape index (κ2) is 10.1. The number of thiazole rings is 1. The van der Waals surface area contributed by atoms with Crippen molar-refractivity contribution < 1.29 is 9.53 Å². The zero-order valence-electron chi connectivity index (χ0n) is 19.2. The van der Waals surface area contributed by atoms with Crippen LogP contribution < -0.4 is 15.5 Å². The number of fused-ring (bicyclic) bond motifs is 1. The molecule has 1 atom stereocenters. The Morgan fingerprint density at radius 1 is 1.26 bits per heavy atom. The van der Waals surface area contributed by atoms with Crippen molar-refractivity contribution >= 4 is 56.4 Å². The third kappa shape index (κ3) is 5.04. The molecule has 1 fully saturated rings. The number of carbonyl (C=O) groups is 1. The predicted octanol–water partition coefficient (Wildman–Crippen LogP) is 4.14. The summed E-state index contributed by atoms with van der Waals surface area (Å²) >= 11 is 7.87. The number of rotatable bonds is 6. The lowest BCUT2D eigenvalue weighted by Crippen LogP contribution is -2.38. The quantitative estimate of drug-likeness (QED) is 0.394. The molecule has 0 bridgehead atoms. The lowest BCUT2D eigenvalue weighted by Gasteiger charge is -2.35. The van der Waals surface area contributed by atoms with E-state index < -0.39 is 6.03 Å². The zero-order chi connectivity index (χ0) is 24.4. The van der Waals surface area contributed by atoms with Crippen molar-refractivity contribution in [2.75, 3.05) is 42.3 Å². The molecule has 5 rings (SSSR count). The van der Waals surface area contributed by atoms with Gasteiger partial charge in [-0.05, 0) is 31.7 Å². The average molecular weight is 514 g/mol. The Morgan fingerprint density at radius 2 is 2.09 bits per heavy atom. The van der Waals surface area contributed by atoms with E-state index in [4.69, 9.17) is 21.3 Å². The van der Waals surface area contributed by atoms with Gasteiger partial charge in [0, 0.05) is 20.2 Å². The van der Waals surface area contributed by atoms with Gasteiger partial charge in [0.15, 0.2) is 5.82 Å². The predicted molar refractivity (Wildman–Crippen MR) is 136 cm³/mol.